The number of hydrogen-bond donors (Lipinski definition) is 2. The first-order valence-electron chi connectivity index (χ1n) is 5.55. The lowest BCUT2D eigenvalue weighted by atomic mass is 9.99. The molecule has 0 saturated carbocycles. The Bertz CT molecular complexity index is 308. The lowest BCUT2D eigenvalue weighted by Crippen LogP contribution is -2.19. The second-order valence-electron chi connectivity index (χ2n) is 4.51. The normalized spacial score (nSPS) is 15.1. The second-order valence-corrected chi connectivity index (χ2v) is 5.15. The first kappa shape index (κ1) is 13.7. The summed E-state index contributed by atoms with van der Waals surface area (Å²) in [6.07, 6.45) is -0.527. The minimum Gasteiger partial charge on any atom is -0.389 e. The molecule has 90 valence electrons. The zero-order valence-electron chi connectivity index (χ0n) is 9.73. The van der Waals surface area contributed by atoms with E-state index in [-0.39, 0.29) is 0 Å². The fraction of sp³-hybridized carbons (Fsp3) is 0.538. The van der Waals surface area contributed by atoms with Crippen LogP contribution in [0.5, 0.6) is 0 Å². The van der Waals surface area contributed by atoms with Gasteiger partial charge in [-0.15, -0.1) is 0 Å². The Kier molecular flexibility index (Phi) is 5.46. The number of hydrogen-bond acceptors (Lipinski definition) is 2. The molecule has 0 amide bonds. The van der Waals surface area contributed by atoms with Crippen molar-refractivity contribution in [2.24, 2.45) is 5.92 Å². The number of aliphatic hydroxyl groups excluding tert-OH is 2. The van der Waals surface area contributed by atoms with Gasteiger partial charge in [-0.1, -0.05) is 54.0 Å². The highest BCUT2D eigenvalue weighted by molar-refractivity contribution is 9.09. The maximum Gasteiger partial charge on any atom is 0.106 e. The van der Waals surface area contributed by atoms with Crippen molar-refractivity contribution in [2.45, 2.75) is 32.5 Å². The molecule has 0 bridgehead atoms. The predicted molar refractivity (Wildman–Crippen MR) is 69.7 cm³/mol. The zero-order chi connectivity index (χ0) is 12.1. The number of halogens is 1. The fourth-order valence-corrected chi connectivity index (χ4v) is 1.98. The molecule has 0 aliphatic heterocycles. The minimum atomic E-state index is -0.813. The Hall–Kier alpha value is -0.380. The van der Waals surface area contributed by atoms with E-state index in [2.05, 4.69) is 29.8 Å². The molecule has 1 aromatic carbocycles. The molecular weight excluding hydrogens is 268 g/mol. The third-order valence-electron chi connectivity index (χ3n) is 2.49. The lowest BCUT2D eigenvalue weighted by Gasteiger charge is -2.16. The summed E-state index contributed by atoms with van der Waals surface area (Å²) < 4.78 is 0. The number of alkyl halides is 1. The molecule has 0 fully saturated rings. The minimum absolute atomic E-state index is 0.377. The van der Waals surface area contributed by atoms with E-state index in [0.29, 0.717) is 11.2 Å². The van der Waals surface area contributed by atoms with Gasteiger partial charge in [-0.25, -0.2) is 0 Å². The first-order chi connectivity index (χ1) is 7.54. The van der Waals surface area contributed by atoms with Crippen LogP contribution in [0.2, 0.25) is 0 Å². The summed E-state index contributed by atoms with van der Waals surface area (Å²) in [5.41, 5.74) is 2.03. The smallest absolute Gasteiger partial charge is 0.106 e. The van der Waals surface area contributed by atoms with Crippen LogP contribution in [0.1, 0.15) is 31.1 Å². The molecule has 0 heterocycles. The summed E-state index contributed by atoms with van der Waals surface area (Å²) >= 11 is 3.15. The van der Waals surface area contributed by atoms with Crippen LogP contribution in [0.25, 0.3) is 0 Å². The maximum atomic E-state index is 9.78. The maximum absolute atomic E-state index is 9.78. The van der Waals surface area contributed by atoms with Gasteiger partial charge in [-0.2, -0.15) is 0 Å². The third-order valence-corrected chi connectivity index (χ3v) is 3.15. The first-order valence-corrected chi connectivity index (χ1v) is 6.67. The Morgan fingerprint density at radius 3 is 2.12 bits per heavy atom. The number of benzene rings is 1. The van der Waals surface area contributed by atoms with Gasteiger partial charge in [0.1, 0.15) is 6.10 Å². The molecule has 16 heavy (non-hydrogen) atoms. The van der Waals surface area contributed by atoms with Crippen LogP contribution in [-0.4, -0.2) is 21.6 Å². The second kappa shape index (κ2) is 6.38. The molecule has 1 rings (SSSR count). The van der Waals surface area contributed by atoms with Crippen molar-refractivity contribution < 1.29 is 10.2 Å². The molecule has 2 nitrogen and oxygen atoms in total. The van der Waals surface area contributed by atoms with Crippen LogP contribution < -0.4 is 0 Å². The molecular formula is C13H19BrO2. The van der Waals surface area contributed by atoms with E-state index >= 15 is 0 Å². The molecule has 0 spiro atoms. The number of rotatable bonds is 5. The Labute approximate surface area is 105 Å². The molecule has 0 aliphatic rings. The average Bonchev–Trinajstić information content (AvgIpc) is 2.27. The van der Waals surface area contributed by atoms with Gasteiger partial charge >= 0.3 is 0 Å². The van der Waals surface area contributed by atoms with Crippen molar-refractivity contribution in [2.75, 3.05) is 5.33 Å². The van der Waals surface area contributed by atoms with Gasteiger partial charge in [0.15, 0.2) is 0 Å². The topological polar surface area (TPSA) is 40.5 Å². The highest BCUT2D eigenvalue weighted by Gasteiger charge is 2.16. The van der Waals surface area contributed by atoms with Crippen LogP contribution in [-0.2, 0) is 6.42 Å². The highest BCUT2D eigenvalue weighted by atomic mass is 79.9. The average molecular weight is 287 g/mol. The van der Waals surface area contributed by atoms with Crippen LogP contribution >= 0.6 is 15.9 Å². The quantitative estimate of drug-likeness (QED) is 0.817. The Morgan fingerprint density at radius 2 is 1.69 bits per heavy atom. The monoisotopic (exact) mass is 286 g/mol. The van der Waals surface area contributed by atoms with Crippen molar-refractivity contribution in [3.8, 4) is 0 Å². The number of aliphatic hydroxyl groups is 2. The van der Waals surface area contributed by atoms with Gasteiger partial charge in [0.25, 0.3) is 0 Å². The third kappa shape index (κ3) is 3.89. The van der Waals surface area contributed by atoms with Crippen molar-refractivity contribution in [3.05, 3.63) is 35.4 Å². The largest absolute Gasteiger partial charge is 0.389 e. The highest BCUT2D eigenvalue weighted by Crippen LogP contribution is 2.19. The van der Waals surface area contributed by atoms with E-state index in [9.17, 15) is 10.2 Å². The van der Waals surface area contributed by atoms with E-state index in [1.54, 1.807) is 0 Å². The summed E-state index contributed by atoms with van der Waals surface area (Å²) in [6.45, 7) is 4.36. The van der Waals surface area contributed by atoms with Crippen molar-refractivity contribution >= 4 is 15.9 Å². The van der Waals surface area contributed by atoms with E-state index in [1.807, 2.05) is 24.3 Å². The van der Waals surface area contributed by atoms with Crippen LogP contribution in [0.3, 0.4) is 0 Å². The van der Waals surface area contributed by atoms with E-state index in [1.165, 1.54) is 5.56 Å². The van der Waals surface area contributed by atoms with E-state index in [0.717, 1.165) is 12.0 Å². The van der Waals surface area contributed by atoms with Gasteiger partial charge in [-0.3, -0.25) is 0 Å². The SMILES string of the molecule is CC(C)Cc1ccc(C(O)C(O)CBr)cc1. The van der Waals surface area contributed by atoms with Gasteiger partial charge < -0.3 is 10.2 Å². The van der Waals surface area contributed by atoms with Crippen LogP contribution in [0.4, 0.5) is 0 Å². The standard InChI is InChI=1S/C13H19BrO2/c1-9(2)7-10-3-5-11(6-4-10)13(16)12(15)8-14/h3-6,9,12-13,15-16H,7-8H2,1-2H3. The molecule has 2 unspecified atom stereocenters. The fourth-order valence-electron chi connectivity index (χ4n) is 1.63. The summed E-state index contributed by atoms with van der Waals surface area (Å²) in [7, 11) is 0. The Morgan fingerprint density at radius 1 is 1.12 bits per heavy atom. The van der Waals surface area contributed by atoms with Gasteiger partial charge in [-0.05, 0) is 23.5 Å². The van der Waals surface area contributed by atoms with Crippen LogP contribution in [0.15, 0.2) is 24.3 Å². The summed E-state index contributed by atoms with van der Waals surface area (Å²) in [5, 5.41) is 19.7. The molecule has 0 radical (unpaired) electrons. The van der Waals surface area contributed by atoms with Crippen LogP contribution in [0, 0.1) is 5.92 Å². The molecule has 2 N–H and O–H groups in total. The summed E-state index contributed by atoms with van der Waals surface area (Å²) in [4.78, 5) is 0. The van der Waals surface area contributed by atoms with Crippen molar-refractivity contribution in [1.82, 2.24) is 0 Å². The van der Waals surface area contributed by atoms with E-state index in [4.69, 9.17) is 0 Å². The van der Waals surface area contributed by atoms with Gasteiger partial charge in [0.05, 0.1) is 6.10 Å². The molecule has 1 aromatic rings. The van der Waals surface area contributed by atoms with Gasteiger partial charge in [0.2, 0.25) is 0 Å². The molecule has 3 heteroatoms. The Balaban J connectivity index is 2.70. The zero-order valence-corrected chi connectivity index (χ0v) is 11.3. The predicted octanol–water partition coefficient (Wildman–Crippen LogP) is 2.67. The van der Waals surface area contributed by atoms with E-state index < -0.39 is 12.2 Å². The summed E-state index contributed by atoms with van der Waals surface area (Å²) in [6, 6.07) is 7.79. The molecule has 0 aromatic heterocycles. The summed E-state index contributed by atoms with van der Waals surface area (Å²) in [5.74, 6) is 0.629. The van der Waals surface area contributed by atoms with Crippen molar-refractivity contribution in [3.63, 3.8) is 0 Å². The molecule has 0 saturated heterocycles. The van der Waals surface area contributed by atoms with Gasteiger partial charge in [0, 0.05) is 5.33 Å². The van der Waals surface area contributed by atoms with Crippen molar-refractivity contribution in [1.29, 1.82) is 0 Å². The molecule has 0 aliphatic carbocycles. The molecule has 2 atom stereocenters. The lowest BCUT2D eigenvalue weighted by molar-refractivity contribution is 0.0342.